The SMILES string of the molecule is CN(CS)/C(=N\CS)c1ccccc1. The molecule has 0 heterocycles. The van der Waals surface area contributed by atoms with Crippen LogP contribution in [0.2, 0.25) is 0 Å². The first-order valence-corrected chi connectivity index (χ1v) is 5.58. The molecule has 0 amide bonds. The minimum Gasteiger partial charge on any atom is -0.350 e. The van der Waals surface area contributed by atoms with E-state index in [2.05, 4.69) is 30.2 Å². The van der Waals surface area contributed by atoms with Crippen LogP contribution >= 0.6 is 25.3 Å². The second-order valence-corrected chi connectivity index (χ2v) is 3.39. The van der Waals surface area contributed by atoms with Crippen molar-refractivity contribution in [3.63, 3.8) is 0 Å². The Morgan fingerprint density at radius 3 is 2.43 bits per heavy atom. The van der Waals surface area contributed by atoms with Crippen molar-refractivity contribution >= 4 is 31.1 Å². The molecule has 76 valence electrons. The summed E-state index contributed by atoms with van der Waals surface area (Å²) in [6.07, 6.45) is 0. The molecule has 0 fully saturated rings. The lowest BCUT2D eigenvalue weighted by Gasteiger charge is -2.18. The molecule has 0 aromatic heterocycles. The molecule has 1 aromatic carbocycles. The van der Waals surface area contributed by atoms with Gasteiger partial charge in [-0.3, -0.25) is 4.99 Å². The molecule has 14 heavy (non-hydrogen) atoms. The number of thiol groups is 2. The maximum Gasteiger partial charge on any atom is 0.132 e. The van der Waals surface area contributed by atoms with Crippen LogP contribution in [0, 0.1) is 0 Å². The highest BCUT2D eigenvalue weighted by molar-refractivity contribution is 7.80. The zero-order valence-corrected chi connectivity index (χ0v) is 9.88. The van der Waals surface area contributed by atoms with Crippen LogP contribution in [0.1, 0.15) is 5.56 Å². The Morgan fingerprint density at radius 2 is 1.93 bits per heavy atom. The van der Waals surface area contributed by atoms with Crippen LogP contribution in [0.3, 0.4) is 0 Å². The van der Waals surface area contributed by atoms with Gasteiger partial charge in [-0.1, -0.05) is 30.3 Å². The molecule has 0 aliphatic heterocycles. The largest absolute Gasteiger partial charge is 0.350 e. The summed E-state index contributed by atoms with van der Waals surface area (Å²) in [6.45, 7) is 0. The molecular weight excluding hydrogens is 212 g/mol. The van der Waals surface area contributed by atoms with Crippen molar-refractivity contribution in [3.8, 4) is 0 Å². The average Bonchev–Trinajstić information content (AvgIpc) is 2.26. The Morgan fingerprint density at radius 1 is 1.29 bits per heavy atom. The topological polar surface area (TPSA) is 15.6 Å². The Balaban J connectivity index is 2.95. The monoisotopic (exact) mass is 226 g/mol. The van der Waals surface area contributed by atoms with E-state index in [0.717, 1.165) is 11.4 Å². The molecular formula is C10H14N2S2. The molecule has 0 spiro atoms. The summed E-state index contributed by atoms with van der Waals surface area (Å²) in [5, 5.41) is 0. The minimum absolute atomic E-state index is 0.488. The van der Waals surface area contributed by atoms with Gasteiger partial charge in [0, 0.05) is 12.6 Å². The van der Waals surface area contributed by atoms with Crippen LogP contribution in [-0.4, -0.2) is 29.5 Å². The van der Waals surface area contributed by atoms with E-state index in [4.69, 9.17) is 0 Å². The van der Waals surface area contributed by atoms with Crippen LogP contribution in [-0.2, 0) is 0 Å². The minimum atomic E-state index is 0.488. The summed E-state index contributed by atoms with van der Waals surface area (Å²) in [6, 6.07) is 10.0. The van der Waals surface area contributed by atoms with E-state index in [9.17, 15) is 0 Å². The van der Waals surface area contributed by atoms with Gasteiger partial charge >= 0.3 is 0 Å². The van der Waals surface area contributed by atoms with Crippen molar-refractivity contribution in [1.82, 2.24) is 4.90 Å². The van der Waals surface area contributed by atoms with Crippen molar-refractivity contribution in [2.24, 2.45) is 4.99 Å². The first kappa shape index (κ1) is 11.5. The van der Waals surface area contributed by atoms with Crippen LogP contribution in [0.25, 0.3) is 0 Å². The number of benzene rings is 1. The smallest absolute Gasteiger partial charge is 0.132 e. The molecule has 2 nitrogen and oxygen atoms in total. The standard InChI is InChI=1S/C10H14N2S2/c1-12(8-14)10(11-7-13)9-5-3-2-4-6-9/h2-6,13-14H,7-8H2,1H3/b11-10-. The van der Waals surface area contributed by atoms with E-state index >= 15 is 0 Å². The van der Waals surface area contributed by atoms with Gasteiger partial charge in [0.2, 0.25) is 0 Å². The van der Waals surface area contributed by atoms with Crippen molar-refractivity contribution in [2.75, 3.05) is 18.8 Å². The van der Waals surface area contributed by atoms with Crippen molar-refractivity contribution in [3.05, 3.63) is 35.9 Å². The van der Waals surface area contributed by atoms with Gasteiger partial charge in [-0.2, -0.15) is 25.3 Å². The molecule has 0 bridgehead atoms. The fourth-order valence-electron chi connectivity index (χ4n) is 1.15. The molecule has 0 saturated carbocycles. The third-order valence-electron chi connectivity index (χ3n) is 1.83. The van der Waals surface area contributed by atoms with Crippen molar-refractivity contribution in [1.29, 1.82) is 0 Å². The van der Waals surface area contributed by atoms with E-state index in [1.165, 1.54) is 0 Å². The third-order valence-corrected chi connectivity index (χ3v) is 2.39. The van der Waals surface area contributed by atoms with Crippen LogP contribution in [0.5, 0.6) is 0 Å². The van der Waals surface area contributed by atoms with E-state index in [-0.39, 0.29) is 0 Å². The first-order valence-electron chi connectivity index (χ1n) is 4.32. The molecule has 0 atom stereocenters. The number of nitrogens with zero attached hydrogens (tertiary/aromatic N) is 2. The van der Waals surface area contributed by atoms with E-state index < -0.39 is 0 Å². The lowest BCUT2D eigenvalue weighted by Crippen LogP contribution is -2.26. The summed E-state index contributed by atoms with van der Waals surface area (Å²) < 4.78 is 0. The molecule has 0 aliphatic carbocycles. The van der Waals surface area contributed by atoms with Gasteiger partial charge in [-0.15, -0.1) is 0 Å². The molecule has 1 rings (SSSR count). The second kappa shape index (κ2) is 5.98. The summed E-state index contributed by atoms with van der Waals surface area (Å²) in [4.78, 5) is 6.30. The van der Waals surface area contributed by atoms with Crippen molar-refractivity contribution < 1.29 is 0 Å². The first-order chi connectivity index (χ1) is 6.79. The fraction of sp³-hybridized carbons (Fsp3) is 0.300. The zero-order chi connectivity index (χ0) is 10.4. The third kappa shape index (κ3) is 2.96. The normalized spacial score (nSPS) is 11.5. The Bertz CT molecular complexity index is 298. The zero-order valence-electron chi connectivity index (χ0n) is 8.09. The molecule has 0 aliphatic rings. The molecule has 0 radical (unpaired) electrons. The van der Waals surface area contributed by atoms with Gasteiger partial charge < -0.3 is 4.90 Å². The lowest BCUT2D eigenvalue weighted by molar-refractivity contribution is 0.601. The summed E-state index contributed by atoms with van der Waals surface area (Å²) in [5.41, 5.74) is 1.10. The maximum absolute atomic E-state index is 4.32. The highest BCUT2D eigenvalue weighted by Crippen LogP contribution is 2.05. The number of aliphatic imine (C=N–C) groups is 1. The van der Waals surface area contributed by atoms with Gasteiger partial charge in [-0.05, 0) is 0 Å². The van der Waals surface area contributed by atoms with Crippen molar-refractivity contribution in [2.45, 2.75) is 0 Å². The van der Waals surface area contributed by atoms with E-state index in [1.54, 1.807) is 0 Å². The van der Waals surface area contributed by atoms with E-state index in [0.29, 0.717) is 11.8 Å². The molecule has 0 unspecified atom stereocenters. The molecule has 1 aromatic rings. The maximum atomic E-state index is 4.32. The van der Waals surface area contributed by atoms with Gasteiger partial charge in [0.05, 0.1) is 11.8 Å². The highest BCUT2D eigenvalue weighted by atomic mass is 32.1. The Labute approximate surface area is 95.9 Å². The number of hydrogen-bond donors (Lipinski definition) is 2. The number of rotatable bonds is 3. The van der Waals surface area contributed by atoms with Gasteiger partial charge in [0.15, 0.2) is 0 Å². The Kier molecular flexibility index (Phi) is 4.90. The number of amidine groups is 1. The molecule has 0 saturated heterocycles. The Hall–Kier alpha value is -0.610. The van der Waals surface area contributed by atoms with Gasteiger partial charge in [-0.25, -0.2) is 0 Å². The quantitative estimate of drug-likeness (QED) is 0.349. The fourth-order valence-corrected chi connectivity index (χ4v) is 1.42. The lowest BCUT2D eigenvalue weighted by atomic mass is 10.2. The van der Waals surface area contributed by atoms with E-state index in [1.807, 2.05) is 42.3 Å². The van der Waals surface area contributed by atoms with Crippen LogP contribution in [0.4, 0.5) is 0 Å². The predicted molar refractivity (Wildman–Crippen MR) is 68.4 cm³/mol. The summed E-state index contributed by atoms with van der Waals surface area (Å²) in [5.74, 6) is 2.06. The predicted octanol–water partition coefficient (Wildman–Crippen LogP) is 2.14. The molecule has 4 heteroatoms. The van der Waals surface area contributed by atoms with Crippen LogP contribution < -0.4 is 0 Å². The van der Waals surface area contributed by atoms with Crippen LogP contribution in [0.15, 0.2) is 35.3 Å². The molecule has 0 N–H and O–H groups in total. The average molecular weight is 226 g/mol. The summed E-state index contributed by atoms with van der Waals surface area (Å²) >= 11 is 8.32. The second-order valence-electron chi connectivity index (χ2n) is 2.83. The van der Waals surface area contributed by atoms with Gasteiger partial charge in [0.25, 0.3) is 0 Å². The summed E-state index contributed by atoms with van der Waals surface area (Å²) in [7, 11) is 1.96. The number of hydrogen-bond acceptors (Lipinski definition) is 3. The van der Waals surface area contributed by atoms with Gasteiger partial charge in [0.1, 0.15) is 5.84 Å². The highest BCUT2D eigenvalue weighted by Gasteiger charge is 2.06.